The summed E-state index contributed by atoms with van der Waals surface area (Å²) in [6, 6.07) is 7.00. The van der Waals surface area contributed by atoms with Gasteiger partial charge in [0.2, 0.25) is 0 Å². The molecule has 1 N–H and O–H groups in total. The predicted molar refractivity (Wildman–Crippen MR) is 95.1 cm³/mol. The highest BCUT2D eigenvalue weighted by atomic mass is 32.1. The van der Waals surface area contributed by atoms with Crippen molar-refractivity contribution in [2.75, 3.05) is 11.9 Å². The van der Waals surface area contributed by atoms with Gasteiger partial charge >= 0.3 is 10.8 Å². The number of hydrogen-bond donors (Lipinski definition) is 1. The SMILES string of the molecule is CCOc1ccccc1NC(=O)[C@@H](C)OC(=O)Cn1c(C)csc1=O. The number of anilines is 1. The second-order valence-electron chi connectivity index (χ2n) is 5.28. The zero-order valence-electron chi connectivity index (χ0n) is 14.3. The van der Waals surface area contributed by atoms with Crippen molar-refractivity contribution in [3.63, 3.8) is 0 Å². The van der Waals surface area contributed by atoms with E-state index in [1.54, 1.807) is 36.6 Å². The number of benzene rings is 1. The molecule has 2 rings (SSSR count). The zero-order chi connectivity index (χ0) is 18.4. The Kier molecular flexibility index (Phi) is 6.35. The highest BCUT2D eigenvalue weighted by Crippen LogP contribution is 2.23. The van der Waals surface area contributed by atoms with Crippen molar-refractivity contribution in [2.45, 2.75) is 33.4 Å². The minimum Gasteiger partial charge on any atom is -0.492 e. The van der Waals surface area contributed by atoms with E-state index in [0.29, 0.717) is 23.7 Å². The number of aromatic nitrogens is 1. The van der Waals surface area contributed by atoms with Gasteiger partial charge in [-0.15, -0.1) is 0 Å². The molecule has 0 unspecified atom stereocenters. The van der Waals surface area contributed by atoms with Gasteiger partial charge in [0.15, 0.2) is 6.10 Å². The van der Waals surface area contributed by atoms with Gasteiger partial charge in [-0.3, -0.25) is 19.0 Å². The summed E-state index contributed by atoms with van der Waals surface area (Å²) < 4.78 is 11.9. The first-order valence-corrected chi connectivity index (χ1v) is 8.67. The maximum absolute atomic E-state index is 12.2. The lowest BCUT2D eigenvalue weighted by Gasteiger charge is -2.16. The molecule has 0 fully saturated rings. The molecule has 0 bridgehead atoms. The number of hydrogen-bond acceptors (Lipinski definition) is 6. The van der Waals surface area contributed by atoms with Crippen LogP contribution in [-0.4, -0.2) is 29.2 Å². The lowest BCUT2D eigenvalue weighted by molar-refractivity contribution is -0.153. The Balaban J connectivity index is 1.96. The molecule has 0 radical (unpaired) electrons. The summed E-state index contributed by atoms with van der Waals surface area (Å²) >= 11 is 1.01. The van der Waals surface area contributed by atoms with Crippen LogP contribution in [-0.2, 0) is 20.9 Å². The first-order valence-electron chi connectivity index (χ1n) is 7.79. The van der Waals surface area contributed by atoms with Crippen LogP contribution in [0.4, 0.5) is 5.69 Å². The lowest BCUT2D eigenvalue weighted by atomic mass is 10.2. The number of amides is 1. The summed E-state index contributed by atoms with van der Waals surface area (Å²) in [5.41, 5.74) is 1.18. The van der Waals surface area contributed by atoms with Crippen molar-refractivity contribution in [3.05, 3.63) is 45.0 Å². The Morgan fingerprint density at radius 2 is 2.04 bits per heavy atom. The number of esters is 1. The van der Waals surface area contributed by atoms with E-state index in [9.17, 15) is 14.4 Å². The maximum atomic E-state index is 12.2. The van der Waals surface area contributed by atoms with Gasteiger partial charge in [0.1, 0.15) is 12.3 Å². The van der Waals surface area contributed by atoms with Gasteiger partial charge < -0.3 is 14.8 Å². The molecular formula is C17H20N2O5S. The van der Waals surface area contributed by atoms with E-state index in [-0.39, 0.29) is 11.4 Å². The molecule has 1 amide bonds. The maximum Gasteiger partial charge on any atom is 0.326 e. The number of carbonyl (C=O) groups excluding carboxylic acids is 2. The van der Waals surface area contributed by atoms with Crippen LogP contribution in [0.15, 0.2) is 34.4 Å². The van der Waals surface area contributed by atoms with E-state index >= 15 is 0 Å². The minimum atomic E-state index is -1.00. The van der Waals surface area contributed by atoms with E-state index < -0.39 is 18.0 Å². The standard InChI is InChI=1S/C17H20N2O5S/c1-4-23-14-8-6-5-7-13(14)18-16(21)12(3)24-15(20)9-19-11(2)10-25-17(19)22/h5-8,10,12H,4,9H2,1-3H3,(H,18,21)/t12-/m1/s1. The molecule has 25 heavy (non-hydrogen) atoms. The fraction of sp³-hybridized carbons (Fsp3) is 0.353. The second-order valence-corrected chi connectivity index (χ2v) is 6.10. The van der Waals surface area contributed by atoms with Crippen molar-refractivity contribution >= 4 is 28.9 Å². The van der Waals surface area contributed by atoms with E-state index in [1.807, 2.05) is 6.92 Å². The second kappa shape index (κ2) is 8.48. The highest BCUT2D eigenvalue weighted by molar-refractivity contribution is 7.07. The van der Waals surface area contributed by atoms with Gasteiger partial charge in [-0.05, 0) is 32.9 Å². The summed E-state index contributed by atoms with van der Waals surface area (Å²) in [5.74, 6) is -0.587. The Bertz CT molecular complexity index is 811. The number of ether oxygens (including phenoxy) is 2. The molecule has 2 aromatic rings. The van der Waals surface area contributed by atoms with Crippen molar-refractivity contribution in [1.82, 2.24) is 4.57 Å². The lowest BCUT2D eigenvalue weighted by Crippen LogP contribution is -2.32. The third-order valence-corrected chi connectivity index (χ3v) is 4.27. The topological polar surface area (TPSA) is 86.6 Å². The predicted octanol–water partition coefficient (Wildman–Crippen LogP) is 2.19. The van der Waals surface area contributed by atoms with E-state index in [1.165, 1.54) is 11.5 Å². The third kappa shape index (κ3) is 4.93. The number of para-hydroxylation sites is 2. The van der Waals surface area contributed by atoms with Crippen molar-refractivity contribution < 1.29 is 19.1 Å². The van der Waals surface area contributed by atoms with Crippen molar-refractivity contribution in [2.24, 2.45) is 0 Å². The largest absolute Gasteiger partial charge is 0.492 e. The third-order valence-electron chi connectivity index (χ3n) is 3.39. The zero-order valence-corrected chi connectivity index (χ0v) is 15.1. The van der Waals surface area contributed by atoms with Crippen LogP contribution in [0, 0.1) is 6.92 Å². The summed E-state index contributed by atoms with van der Waals surface area (Å²) in [6.07, 6.45) is -1.00. The Morgan fingerprint density at radius 3 is 2.68 bits per heavy atom. The van der Waals surface area contributed by atoms with E-state index in [4.69, 9.17) is 9.47 Å². The summed E-state index contributed by atoms with van der Waals surface area (Å²) in [5, 5.41) is 4.34. The molecule has 8 heteroatoms. The van der Waals surface area contributed by atoms with Crippen LogP contribution < -0.4 is 14.9 Å². The number of nitrogens with zero attached hydrogens (tertiary/aromatic N) is 1. The van der Waals surface area contributed by atoms with Crippen LogP contribution in [0.2, 0.25) is 0 Å². The molecule has 0 spiro atoms. The monoisotopic (exact) mass is 364 g/mol. The van der Waals surface area contributed by atoms with Gasteiger partial charge in [-0.25, -0.2) is 0 Å². The molecule has 1 heterocycles. The summed E-state index contributed by atoms with van der Waals surface area (Å²) in [4.78, 5) is 35.6. The number of carbonyl (C=O) groups is 2. The average Bonchev–Trinajstić information content (AvgIpc) is 2.88. The van der Waals surface area contributed by atoms with E-state index in [2.05, 4.69) is 5.32 Å². The molecule has 1 aromatic carbocycles. The number of thiazole rings is 1. The van der Waals surface area contributed by atoms with Crippen molar-refractivity contribution in [3.8, 4) is 5.75 Å². The van der Waals surface area contributed by atoms with Gasteiger partial charge in [0, 0.05) is 11.1 Å². The number of aryl methyl sites for hydroxylation is 1. The minimum absolute atomic E-state index is 0.221. The molecule has 0 aliphatic rings. The molecule has 7 nitrogen and oxygen atoms in total. The Hall–Kier alpha value is -2.61. The van der Waals surface area contributed by atoms with Gasteiger partial charge in [0.05, 0.1) is 12.3 Å². The van der Waals surface area contributed by atoms with E-state index in [0.717, 1.165) is 11.3 Å². The van der Waals surface area contributed by atoms with Crippen LogP contribution in [0.5, 0.6) is 5.75 Å². The highest BCUT2D eigenvalue weighted by Gasteiger charge is 2.20. The molecule has 0 aliphatic heterocycles. The Morgan fingerprint density at radius 1 is 1.32 bits per heavy atom. The fourth-order valence-electron chi connectivity index (χ4n) is 2.10. The van der Waals surface area contributed by atoms with Crippen molar-refractivity contribution in [1.29, 1.82) is 0 Å². The molecular weight excluding hydrogens is 344 g/mol. The average molecular weight is 364 g/mol. The van der Waals surface area contributed by atoms with Crippen LogP contribution in [0.1, 0.15) is 19.5 Å². The van der Waals surface area contributed by atoms with Gasteiger partial charge in [-0.1, -0.05) is 23.5 Å². The Labute approximate surface area is 149 Å². The molecule has 0 saturated heterocycles. The van der Waals surface area contributed by atoms with Gasteiger partial charge in [0.25, 0.3) is 5.91 Å². The molecule has 1 aromatic heterocycles. The normalized spacial score (nSPS) is 11.6. The molecule has 1 atom stereocenters. The van der Waals surface area contributed by atoms with Crippen LogP contribution in [0.3, 0.4) is 0 Å². The first-order chi connectivity index (χ1) is 11.9. The fourth-order valence-corrected chi connectivity index (χ4v) is 2.83. The number of rotatable bonds is 7. The number of nitrogens with one attached hydrogen (secondary N) is 1. The van der Waals surface area contributed by atoms with Crippen LogP contribution >= 0.6 is 11.3 Å². The quantitative estimate of drug-likeness (QED) is 0.761. The molecule has 134 valence electrons. The summed E-state index contributed by atoms with van der Waals surface area (Å²) in [7, 11) is 0. The van der Waals surface area contributed by atoms with Crippen LogP contribution in [0.25, 0.3) is 0 Å². The summed E-state index contributed by atoms with van der Waals surface area (Å²) in [6.45, 7) is 5.29. The smallest absolute Gasteiger partial charge is 0.326 e. The molecule has 0 saturated carbocycles. The molecule has 0 aliphatic carbocycles. The first kappa shape index (κ1) is 18.7. The van der Waals surface area contributed by atoms with Gasteiger partial charge in [-0.2, -0.15) is 0 Å².